The largest absolute Gasteiger partial charge is 0.328 e. The van der Waals surface area contributed by atoms with Crippen LogP contribution in [0.4, 0.5) is 23.1 Å². The second-order valence-corrected chi connectivity index (χ2v) is 11.8. The van der Waals surface area contributed by atoms with Crippen LogP contribution in [0.25, 0.3) is 11.0 Å². The van der Waals surface area contributed by atoms with E-state index >= 15 is 0 Å². The second kappa shape index (κ2) is 9.69. The van der Waals surface area contributed by atoms with E-state index in [1.54, 1.807) is 23.4 Å². The number of aromatic nitrogens is 4. The lowest BCUT2D eigenvalue weighted by atomic mass is 10.0. The van der Waals surface area contributed by atoms with Crippen LogP contribution in [-0.4, -0.2) is 65.8 Å². The molecule has 12 heteroatoms. The monoisotopic (exact) mass is 534 g/mol. The summed E-state index contributed by atoms with van der Waals surface area (Å²) in [6.07, 6.45) is 6.35. The maximum absolute atomic E-state index is 12.8. The van der Waals surface area contributed by atoms with Crippen molar-refractivity contribution in [2.45, 2.75) is 25.9 Å². The van der Waals surface area contributed by atoms with Crippen molar-refractivity contribution >= 4 is 50.1 Å². The standard InChI is InChI=1S/C26H30N8O3S/c1-26(2)24(35)34(15-13-29-26)21-9-7-20(8-10-21)30-25-28-16-18-11-14-33(23(18)31-25)17-19-6-5-12-27-22(19)32(3)38(4,36)37/h5-12,14,16,29H,13,15,17H2,1-4H3,(H,28,30,31). The van der Waals surface area contributed by atoms with Crippen molar-refractivity contribution in [1.82, 2.24) is 24.8 Å². The van der Waals surface area contributed by atoms with Gasteiger partial charge < -0.3 is 20.1 Å². The van der Waals surface area contributed by atoms with E-state index in [1.807, 2.05) is 61.0 Å². The van der Waals surface area contributed by atoms with Gasteiger partial charge in [-0.3, -0.25) is 9.10 Å². The lowest BCUT2D eigenvalue weighted by Crippen LogP contribution is -2.61. The van der Waals surface area contributed by atoms with Gasteiger partial charge in [-0.05, 0) is 50.2 Å². The van der Waals surface area contributed by atoms with Gasteiger partial charge in [0.1, 0.15) is 11.5 Å². The van der Waals surface area contributed by atoms with E-state index in [4.69, 9.17) is 4.98 Å². The number of anilines is 4. The number of nitrogens with one attached hydrogen (secondary N) is 2. The molecule has 0 saturated carbocycles. The molecular formula is C26H30N8O3S. The zero-order valence-corrected chi connectivity index (χ0v) is 22.5. The Kier molecular flexibility index (Phi) is 6.53. The SMILES string of the molecule is CN(c1ncccc1Cn1ccc2cnc(Nc3ccc(N4CCNC(C)(C)C4=O)cc3)nc21)S(C)(=O)=O. The average Bonchev–Trinajstić information content (AvgIpc) is 3.27. The number of benzene rings is 1. The van der Waals surface area contributed by atoms with E-state index in [1.165, 1.54) is 11.4 Å². The number of carbonyl (C=O) groups is 1. The quantitative estimate of drug-likeness (QED) is 0.371. The van der Waals surface area contributed by atoms with Crippen LogP contribution in [0.2, 0.25) is 0 Å². The molecule has 1 saturated heterocycles. The number of piperazine rings is 1. The molecule has 5 rings (SSSR count). The van der Waals surface area contributed by atoms with Crippen LogP contribution in [0, 0.1) is 0 Å². The minimum atomic E-state index is -3.46. The zero-order chi connectivity index (χ0) is 27.1. The number of sulfonamides is 1. The molecule has 0 bridgehead atoms. The maximum atomic E-state index is 12.8. The summed E-state index contributed by atoms with van der Waals surface area (Å²) in [5.41, 5.74) is 2.48. The van der Waals surface area contributed by atoms with Crippen molar-refractivity contribution in [2.75, 3.05) is 40.9 Å². The Morgan fingerprint density at radius 3 is 2.63 bits per heavy atom. The van der Waals surface area contributed by atoms with Crippen molar-refractivity contribution in [1.29, 1.82) is 0 Å². The summed E-state index contributed by atoms with van der Waals surface area (Å²) in [6.45, 7) is 5.51. The summed E-state index contributed by atoms with van der Waals surface area (Å²) in [7, 11) is -1.97. The zero-order valence-electron chi connectivity index (χ0n) is 21.7. The maximum Gasteiger partial charge on any atom is 0.246 e. The highest BCUT2D eigenvalue weighted by Gasteiger charge is 2.35. The molecule has 38 heavy (non-hydrogen) atoms. The first-order valence-electron chi connectivity index (χ1n) is 12.2. The Hall–Kier alpha value is -4.03. The van der Waals surface area contributed by atoms with E-state index in [9.17, 15) is 13.2 Å². The van der Waals surface area contributed by atoms with Gasteiger partial charge in [-0.25, -0.2) is 18.4 Å². The van der Waals surface area contributed by atoms with Gasteiger partial charge in [0.15, 0.2) is 0 Å². The number of rotatable bonds is 7. The van der Waals surface area contributed by atoms with Crippen molar-refractivity contribution in [3.63, 3.8) is 0 Å². The van der Waals surface area contributed by atoms with Gasteiger partial charge in [-0.1, -0.05) is 6.07 Å². The van der Waals surface area contributed by atoms with Gasteiger partial charge in [0, 0.05) is 61.1 Å². The summed E-state index contributed by atoms with van der Waals surface area (Å²) >= 11 is 0. The Labute approximate surface area is 221 Å². The first-order chi connectivity index (χ1) is 18.0. The molecule has 0 spiro atoms. The van der Waals surface area contributed by atoms with Crippen LogP contribution >= 0.6 is 0 Å². The summed E-state index contributed by atoms with van der Waals surface area (Å²) in [4.78, 5) is 28.0. The Balaban J connectivity index is 1.37. The van der Waals surface area contributed by atoms with E-state index in [0.717, 1.165) is 35.1 Å². The molecule has 198 valence electrons. The van der Waals surface area contributed by atoms with Crippen LogP contribution in [0.1, 0.15) is 19.4 Å². The number of hydrogen-bond acceptors (Lipinski definition) is 8. The van der Waals surface area contributed by atoms with Crippen LogP contribution in [0.5, 0.6) is 0 Å². The highest BCUT2D eigenvalue weighted by atomic mass is 32.2. The van der Waals surface area contributed by atoms with Gasteiger partial charge in [0.05, 0.1) is 18.3 Å². The van der Waals surface area contributed by atoms with Crippen molar-refractivity contribution in [3.8, 4) is 0 Å². The summed E-state index contributed by atoms with van der Waals surface area (Å²) < 4.78 is 27.3. The summed E-state index contributed by atoms with van der Waals surface area (Å²) in [5.74, 6) is 0.832. The number of fused-ring (bicyclic) bond motifs is 1. The third kappa shape index (κ3) is 5.04. The summed E-state index contributed by atoms with van der Waals surface area (Å²) in [6, 6.07) is 13.1. The number of carbonyl (C=O) groups excluding carboxylic acids is 1. The molecule has 1 aliphatic heterocycles. The number of nitrogens with zero attached hydrogens (tertiary/aromatic N) is 6. The lowest BCUT2D eigenvalue weighted by molar-refractivity contribution is -0.124. The Morgan fingerprint density at radius 2 is 1.89 bits per heavy atom. The van der Waals surface area contributed by atoms with Gasteiger partial charge in [0.2, 0.25) is 21.9 Å². The molecule has 1 aromatic carbocycles. The van der Waals surface area contributed by atoms with Gasteiger partial charge >= 0.3 is 0 Å². The van der Waals surface area contributed by atoms with Crippen molar-refractivity contribution in [2.24, 2.45) is 0 Å². The van der Waals surface area contributed by atoms with Crippen molar-refractivity contribution in [3.05, 3.63) is 66.6 Å². The van der Waals surface area contributed by atoms with Crippen LogP contribution < -0.4 is 19.8 Å². The van der Waals surface area contributed by atoms with E-state index < -0.39 is 15.6 Å². The smallest absolute Gasteiger partial charge is 0.246 e. The predicted octanol–water partition coefficient (Wildman–Crippen LogP) is 2.73. The fourth-order valence-corrected chi connectivity index (χ4v) is 4.91. The number of amides is 1. The number of pyridine rings is 1. The molecule has 4 heterocycles. The molecule has 11 nitrogen and oxygen atoms in total. The summed E-state index contributed by atoms with van der Waals surface area (Å²) in [5, 5.41) is 7.33. The molecule has 0 radical (unpaired) electrons. The molecular weight excluding hydrogens is 504 g/mol. The normalized spacial score (nSPS) is 15.6. The fourth-order valence-electron chi connectivity index (χ4n) is 4.43. The van der Waals surface area contributed by atoms with Gasteiger partial charge in [-0.2, -0.15) is 4.98 Å². The van der Waals surface area contributed by atoms with Crippen LogP contribution in [0.3, 0.4) is 0 Å². The third-order valence-corrected chi connectivity index (χ3v) is 7.79. The molecule has 1 amide bonds. The minimum Gasteiger partial charge on any atom is -0.328 e. The average molecular weight is 535 g/mol. The molecule has 0 atom stereocenters. The molecule has 2 N–H and O–H groups in total. The minimum absolute atomic E-state index is 0.0403. The molecule has 1 fully saturated rings. The van der Waals surface area contributed by atoms with Crippen LogP contribution in [0.15, 0.2) is 61.1 Å². The Bertz CT molecular complexity index is 1600. The van der Waals surface area contributed by atoms with Gasteiger partial charge in [0.25, 0.3) is 0 Å². The Morgan fingerprint density at radius 1 is 1.13 bits per heavy atom. The van der Waals surface area contributed by atoms with Crippen LogP contribution in [-0.2, 0) is 21.4 Å². The van der Waals surface area contributed by atoms with E-state index in [0.29, 0.717) is 30.5 Å². The highest BCUT2D eigenvalue weighted by Crippen LogP contribution is 2.26. The molecule has 3 aromatic heterocycles. The topological polar surface area (TPSA) is 125 Å². The predicted molar refractivity (Wildman–Crippen MR) is 148 cm³/mol. The first kappa shape index (κ1) is 25.6. The first-order valence-corrected chi connectivity index (χ1v) is 14.0. The number of hydrogen-bond donors (Lipinski definition) is 2. The van der Waals surface area contributed by atoms with Gasteiger partial charge in [-0.15, -0.1) is 0 Å². The lowest BCUT2D eigenvalue weighted by Gasteiger charge is -2.38. The molecule has 1 aliphatic rings. The highest BCUT2D eigenvalue weighted by molar-refractivity contribution is 7.92. The third-order valence-electron chi connectivity index (χ3n) is 6.62. The molecule has 4 aromatic rings. The fraction of sp³-hybridized carbons (Fsp3) is 0.308. The molecule has 0 aliphatic carbocycles. The van der Waals surface area contributed by atoms with E-state index in [-0.39, 0.29) is 5.91 Å². The second-order valence-electron chi connectivity index (χ2n) is 9.81. The van der Waals surface area contributed by atoms with E-state index in [2.05, 4.69) is 20.6 Å². The molecule has 0 unspecified atom stereocenters. The van der Waals surface area contributed by atoms with Crippen molar-refractivity contribution < 1.29 is 13.2 Å².